The molecule has 0 spiro atoms. The Kier molecular flexibility index (Phi) is 10.4. The number of nitrogens with zero attached hydrogens (tertiary/aromatic N) is 2. The minimum Gasteiger partial charge on any atom is -0.460 e. The molecule has 5 unspecified atom stereocenters. The summed E-state index contributed by atoms with van der Waals surface area (Å²) in [6.07, 6.45) is 7.70. The maximum absolute atomic E-state index is 14.7. The van der Waals surface area contributed by atoms with E-state index in [-0.39, 0.29) is 43.0 Å². The third-order valence-corrected chi connectivity index (χ3v) is 6.76. The van der Waals surface area contributed by atoms with Gasteiger partial charge in [0.05, 0.1) is 6.10 Å². The van der Waals surface area contributed by atoms with E-state index < -0.39 is 36.3 Å². The van der Waals surface area contributed by atoms with E-state index in [1.165, 1.54) is 17.2 Å². The molecular weight excluding hydrogens is 491 g/mol. The normalized spacial score (nSPS) is 31.7. The molecule has 1 aromatic rings. The molecule has 5 atom stereocenters. The topological polar surface area (TPSA) is 125 Å². The lowest BCUT2D eigenvalue weighted by Gasteiger charge is -2.29. The molecule has 9 nitrogen and oxygen atoms in total. The van der Waals surface area contributed by atoms with Crippen LogP contribution in [-0.4, -0.2) is 75.3 Å². The van der Waals surface area contributed by atoms with Gasteiger partial charge >= 0.3 is 5.97 Å². The summed E-state index contributed by atoms with van der Waals surface area (Å²) in [5, 5.41) is 13.0. The number of imidazole rings is 1. The maximum atomic E-state index is 14.7. The number of aromatic nitrogens is 2. The number of halogens is 1. The van der Waals surface area contributed by atoms with Crippen LogP contribution in [0, 0.1) is 11.8 Å². The van der Waals surface area contributed by atoms with Crippen LogP contribution in [0.3, 0.4) is 0 Å². The van der Waals surface area contributed by atoms with Gasteiger partial charge in [-0.25, -0.2) is 14.2 Å². The first-order valence-electron chi connectivity index (χ1n) is 13.2. The van der Waals surface area contributed by atoms with E-state index in [0.29, 0.717) is 25.1 Å². The zero-order valence-corrected chi connectivity index (χ0v) is 22.5. The van der Waals surface area contributed by atoms with Crippen molar-refractivity contribution in [1.82, 2.24) is 20.2 Å². The number of hydrogen-bond donors (Lipinski definition) is 3. The van der Waals surface area contributed by atoms with Gasteiger partial charge in [-0.3, -0.25) is 9.59 Å². The number of rotatable bonds is 1. The molecule has 2 amide bonds. The Morgan fingerprint density at radius 3 is 2.74 bits per heavy atom. The smallest absolute Gasteiger partial charge is 0.329 e. The number of aliphatic hydroxyl groups excluding tert-OH is 1. The van der Waals surface area contributed by atoms with Crippen molar-refractivity contribution in [3.05, 3.63) is 53.7 Å². The van der Waals surface area contributed by atoms with E-state index in [0.717, 1.165) is 5.57 Å². The Balaban J connectivity index is 1.85. The second-order valence-corrected chi connectivity index (χ2v) is 10.4. The van der Waals surface area contributed by atoms with Crippen molar-refractivity contribution in [3.8, 4) is 0 Å². The third kappa shape index (κ3) is 8.11. The molecule has 38 heavy (non-hydrogen) atoms. The van der Waals surface area contributed by atoms with Crippen molar-refractivity contribution in [1.29, 1.82) is 0 Å². The molecule has 0 saturated carbocycles. The summed E-state index contributed by atoms with van der Waals surface area (Å²) in [4.78, 5) is 47.1. The molecule has 0 aromatic carbocycles. The molecule has 3 heterocycles. The van der Waals surface area contributed by atoms with E-state index in [4.69, 9.17) is 4.74 Å². The molecule has 2 aliphatic heterocycles. The Hall–Kier alpha value is -3.27. The van der Waals surface area contributed by atoms with Crippen molar-refractivity contribution in [3.63, 3.8) is 0 Å². The highest BCUT2D eigenvalue weighted by molar-refractivity contribution is 5.94. The van der Waals surface area contributed by atoms with Crippen LogP contribution in [0.15, 0.2) is 42.2 Å². The lowest BCUT2D eigenvalue weighted by Crippen LogP contribution is -2.44. The Morgan fingerprint density at radius 2 is 2.00 bits per heavy atom. The van der Waals surface area contributed by atoms with Gasteiger partial charge in [0.15, 0.2) is 5.82 Å². The molecule has 1 saturated heterocycles. The monoisotopic (exact) mass is 530 g/mol. The average Bonchev–Trinajstić information content (AvgIpc) is 3.52. The zero-order chi connectivity index (χ0) is 27.8. The van der Waals surface area contributed by atoms with Crippen molar-refractivity contribution < 1.29 is 28.6 Å². The summed E-state index contributed by atoms with van der Waals surface area (Å²) in [5.74, 6) is -1.44. The second kappa shape index (κ2) is 13.5. The van der Waals surface area contributed by atoms with Crippen molar-refractivity contribution in [2.75, 3.05) is 13.1 Å². The summed E-state index contributed by atoms with van der Waals surface area (Å²) >= 11 is 0. The van der Waals surface area contributed by atoms with Crippen LogP contribution >= 0.6 is 0 Å². The predicted molar refractivity (Wildman–Crippen MR) is 141 cm³/mol. The quantitative estimate of drug-likeness (QED) is 0.480. The number of nitrogens with one attached hydrogen (secondary N) is 2. The van der Waals surface area contributed by atoms with Crippen LogP contribution in [0.5, 0.6) is 0 Å². The first-order valence-corrected chi connectivity index (χ1v) is 13.2. The lowest BCUT2D eigenvalue weighted by molar-refractivity contribution is -0.158. The number of allylic oxidation sites excluding steroid dienone is 2. The predicted octanol–water partition coefficient (Wildman–Crippen LogP) is 3.04. The maximum Gasteiger partial charge on any atom is 0.329 e. The number of alkyl halides is 1. The molecule has 1 fully saturated rings. The molecule has 2 aliphatic rings. The number of aliphatic hydroxyl groups is 1. The standard InChI is InChI=1S/C28H39FN4O5/c1-17(2)25-19(4)9-10-24(35)30-11-5-7-18(3)13-22(34)15-20(29)14-21-16-31-26(32-21)27(36)33-12-6-8-23(33)28(37)38-25/h5,7,9-10,13,16-17,19-20,22-23,25,34H,6,8,11-12,14-15H2,1-4H3,(H,30,35)(H,31,32)/b7-5+,10-9+,18-13+. The number of aromatic amines is 1. The number of ether oxygens (including phenoxy) is 1. The van der Waals surface area contributed by atoms with Gasteiger partial charge in [0, 0.05) is 43.7 Å². The largest absolute Gasteiger partial charge is 0.460 e. The van der Waals surface area contributed by atoms with Crippen LogP contribution < -0.4 is 5.32 Å². The SMILES string of the molecule is CC1=C\C(O)CC(F)Cc2cnc([nH]2)C(=O)N2CCCC2C(=O)OC(C(C)C)C(C)/C=C/C(=O)NC\C=C\1. The first kappa shape index (κ1) is 29.3. The molecule has 0 radical (unpaired) electrons. The van der Waals surface area contributed by atoms with Crippen LogP contribution in [-0.2, 0) is 20.7 Å². The van der Waals surface area contributed by atoms with Crippen molar-refractivity contribution in [2.24, 2.45) is 11.8 Å². The van der Waals surface area contributed by atoms with E-state index in [9.17, 15) is 23.9 Å². The Morgan fingerprint density at radius 1 is 1.24 bits per heavy atom. The second-order valence-electron chi connectivity index (χ2n) is 10.4. The number of amides is 2. The first-order chi connectivity index (χ1) is 18.0. The van der Waals surface area contributed by atoms with Gasteiger partial charge in [0.25, 0.3) is 5.91 Å². The number of hydrogen-bond acceptors (Lipinski definition) is 6. The lowest BCUT2D eigenvalue weighted by atomic mass is 9.94. The van der Waals surface area contributed by atoms with Crippen LogP contribution in [0.1, 0.15) is 63.3 Å². The molecule has 0 aliphatic carbocycles. The fraction of sp³-hybridized carbons (Fsp3) is 0.571. The van der Waals surface area contributed by atoms with Crippen LogP contribution in [0.2, 0.25) is 0 Å². The Labute approximate surface area is 223 Å². The van der Waals surface area contributed by atoms with Crippen LogP contribution in [0.25, 0.3) is 0 Å². The van der Waals surface area contributed by atoms with Gasteiger partial charge in [-0.05, 0) is 31.8 Å². The van der Waals surface area contributed by atoms with Gasteiger partial charge in [-0.1, -0.05) is 50.6 Å². The van der Waals surface area contributed by atoms with Gasteiger partial charge < -0.3 is 25.0 Å². The highest BCUT2D eigenvalue weighted by Gasteiger charge is 2.38. The zero-order valence-electron chi connectivity index (χ0n) is 22.5. The minimum atomic E-state index is -1.36. The van der Waals surface area contributed by atoms with Gasteiger partial charge in [-0.15, -0.1) is 0 Å². The fourth-order valence-corrected chi connectivity index (χ4v) is 4.85. The molecule has 10 heteroatoms. The van der Waals surface area contributed by atoms with Gasteiger partial charge in [-0.2, -0.15) is 0 Å². The molecule has 2 bridgehead atoms. The summed E-state index contributed by atoms with van der Waals surface area (Å²) in [6, 6.07) is -0.746. The van der Waals surface area contributed by atoms with Crippen molar-refractivity contribution in [2.45, 2.75) is 77.8 Å². The van der Waals surface area contributed by atoms with Gasteiger partial charge in [0.1, 0.15) is 18.3 Å². The van der Waals surface area contributed by atoms with Gasteiger partial charge in [0.2, 0.25) is 5.91 Å². The summed E-state index contributed by atoms with van der Waals surface area (Å²) in [7, 11) is 0. The van der Waals surface area contributed by atoms with E-state index >= 15 is 0 Å². The summed E-state index contributed by atoms with van der Waals surface area (Å²) in [6.45, 7) is 8.20. The number of fused-ring (bicyclic) bond motifs is 3. The molecule has 208 valence electrons. The molecule has 3 rings (SSSR count). The minimum absolute atomic E-state index is 0.0176. The van der Waals surface area contributed by atoms with E-state index in [1.807, 2.05) is 20.8 Å². The average molecular weight is 531 g/mol. The summed E-state index contributed by atoms with van der Waals surface area (Å²) < 4.78 is 20.5. The number of carbonyl (C=O) groups is 3. The molecular formula is C28H39FN4O5. The van der Waals surface area contributed by atoms with E-state index in [2.05, 4.69) is 15.3 Å². The fourth-order valence-electron chi connectivity index (χ4n) is 4.85. The molecule has 1 aromatic heterocycles. The number of H-pyrrole nitrogens is 1. The Bertz CT molecular complexity index is 1080. The van der Waals surface area contributed by atoms with E-state index in [1.54, 1.807) is 31.2 Å². The summed E-state index contributed by atoms with van der Waals surface area (Å²) in [5.41, 5.74) is 1.17. The third-order valence-electron chi connectivity index (χ3n) is 6.76. The van der Waals surface area contributed by atoms with Crippen LogP contribution in [0.4, 0.5) is 4.39 Å². The number of carbonyl (C=O) groups excluding carboxylic acids is 3. The number of esters is 1. The number of cyclic esters (lactones) is 1. The highest BCUT2D eigenvalue weighted by Crippen LogP contribution is 2.25. The van der Waals surface area contributed by atoms with Crippen molar-refractivity contribution >= 4 is 17.8 Å². The molecule has 3 N–H and O–H groups in total. The highest BCUT2D eigenvalue weighted by atomic mass is 19.1.